The Morgan fingerprint density at radius 3 is 2.60 bits per heavy atom. The van der Waals surface area contributed by atoms with Crippen LogP contribution in [0.3, 0.4) is 0 Å². The third-order valence-electron chi connectivity index (χ3n) is 2.47. The van der Waals surface area contributed by atoms with Crippen molar-refractivity contribution in [2.75, 3.05) is 12.8 Å². The minimum absolute atomic E-state index is 0.394. The standard InChI is InChI=1S/C11H13NO2S/c1-15(13,14)11-7-3-2-5-9(11)10-6-4-8-12-10/h2-3,5,7H,4,6,8H2,1H3. The highest BCUT2D eigenvalue weighted by Gasteiger charge is 2.18. The van der Waals surface area contributed by atoms with E-state index in [2.05, 4.69) is 4.99 Å². The Morgan fingerprint density at radius 1 is 1.27 bits per heavy atom. The van der Waals surface area contributed by atoms with Gasteiger partial charge >= 0.3 is 0 Å². The Labute approximate surface area is 89.8 Å². The van der Waals surface area contributed by atoms with E-state index in [4.69, 9.17) is 0 Å². The lowest BCUT2D eigenvalue weighted by Gasteiger charge is -2.06. The lowest BCUT2D eigenvalue weighted by Crippen LogP contribution is -2.06. The van der Waals surface area contributed by atoms with Crippen LogP contribution in [0.25, 0.3) is 0 Å². The Balaban J connectivity index is 2.56. The number of rotatable bonds is 2. The first-order valence-electron chi connectivity index (χ1n) is 4.92. The first-order chi connectivity index (χ1) is 7.09. The molecule has 4 heteroatoms. The van der Waals surface area contributed by atoms with Gasteiger partial charge in [-0.1, -0.05) is 18.2 Å². The van der Waals surface area contributed by atoms with E-state index in [1.165, 1.54) is 6.26 Å². The minimum atomic E-state index is -3.15. The van der Waals surface area contributed by atoms with Crippen molar-refractivity contribution in [1.29, 1.82) is 0 Å². The molecule has 0 bridgehead atoms. The van der Waals surface area contributed by atoms with Gasteiger partial charge in [0.25, 0.3) is 0 Å². The van der Waals surface area contributed by atoms with Crippen LogP contribution >= 0.6 is 0 Å². The molecular formula is C11H13NO2S. The van der Waals surface area contributed by atoms with E-state index < -0.39 is 9.84 Å². The summed E-state index contributed by atoms with van der Waals surface area (Å²) in [6.07, 6.45) is 3.14. The van der Waals surface area contributed by atoms with Crippen molar-refractivity contribution in [3.8, 4) is 0 Å². The van der Waals surface area contributed by atoms with Gasteiger partial charge in [0.1, 0.15) is 0 Å². The van der Waals surface area contributed by atoms with Crippen molar-refractivity contribution in [3.05, 3.63) is 29.8 Å². The molecule has 0 unspecified atom stereocenters. The highest BCUT2D eigenvalue weighted by Crippen LogP contribution is 2.20. The second kappa shape index (κ2) is 3.77. The summed E-state index contributed by atoms with van der Waals surface area (Å²) in [4.78, 5) is 4.73. The molecule has 0 saturated heterocycles. The average Bonchev–Trinajstić information content (AvgIpc) is 2.69. The summed E-state index contributed by atoms with van der Waals surface area (Å²) in [5.74, 6) is 0. The van der Waals surface area contributed by atoms with E-state index in [1.54, 1.807) is 12.1 Å². The van der Waals surface area contributed by atoms with Crippen molar-refractivity contribution in [2.45, 2.75) is 17.7 Å². The number of hydrogen-bond donors (Lipinski definition) is 0. The third kappa shape index (κ3) is 2.09. The Morgan fingerprint density at radius 2 is 2.00 bits per heavy atom. The van der Waals surface area contributed by atoms with Crippen molar-refractivity contribution in [2.24, 2.45) is 4.99 Å². The minimum Gasteiger partial charge on any atom is -0.289 e. The van der Waals surface area contributed by atoms with Crippen molar-refractivity contribution < 1.29 is 8.42 Å². The second-order valence-corrected chi connectivity index (χ2v) is 5.68. The van der Waals surface area contributed by atoms with Crippen LogP contribution in [-0.2, 0) is 9.84 Å². The van der Waals surface area contributed by atoms with Gasteiger partial charge in [-0.05, 0) is 18.9 Å². The molecule has 2 rings (SSSR count). The van der Waals surface area contributed by atoms with E-state index in [1.807, 2.05) is 12.1 Å². The predicted molar refractivity (Wildman–Crippen MR) is 60.2 cm³/mol. The van der Waals surface area contributed by atoms with Gasteiger partial charge in [0.2, 0.25) is 0 Å². The van der Waals surface area contributed by atoms with Gasteiger partial charge in [-0.2, -0.15) is 0 Å². The van der Waals surface area contributed by atoms with Crippen LogP contribution in [0.1, 0.15) is 18.4 Å². The van der Waals surface area contributed by atoms with Gasteiger partial charge in [0, 0.05) is 24.1 Å². The first-order valence-corrected chi connectivity index (χ1v) is 6.81. The van der Waals surface area contributed by atoms with E-state index in [0.29, 0.717) is 4.90 Å². The predicted octanol–water partition coefficient (Wildman–Crippen LogP) is 1.67. The molecule has 1 aliphatic heterocycles. The highest BCUT2D eigenvalue weighted by molar-refractivity contribution is 7.90. The number of sulfone groups is 1. The molecule has 3 nitrogen and oxygen atoms in total. The molecule has 0 fully saturated rings. The lowest BCUT2D eigenvalue weighted by molar-refractivity contribution is 0.601. The quantitative estimate of drug-likeness (QED) is 0.765. The number of aliphatic imine (C=N–C) groups is 1. The SMILES string of the molecule is CS(=O)(=O)c1ccccc1C1=NCCC1. The van der Waals surface area contributed by atoms with E-state index in [-0.39, 0.29) is 0 Å². The summed E-state index contributed by atoms with van der Waals surface area (Å²) >= 11 is 0. The smallest absolute Gasteiger partial charge is 0.176 e. The third-order valence-corrected chi connectivity index (χ3v) is 3.63. The van der Waals surface area contributed by atoms with Crippen LogP contribution in [0.15, 0.2) is 34.2 Å². The van der Waals surface area contributed by atoms with E-state index >= 15 is 0 Å². The van der Waals surface area contributed by atoms with Gasteiger partial charge in [-0.25, -0.2) is 8.42 Å². The summed E-state index contributed by atoms with van der Waals surface area (Å²) < 4.78 is 23.1. The summed E-state index contributed by atoms with van der Waals surface area (Å²) in [6.45, 7) is 0.813. The zero-order chi connectivity index (χ0) is 10.9. The summed E-state index contributed by atoms with van der Waals surface area (Å²) in [6, 6.07) is 7.08. The summed E-state index contributed by atoms with van der Waals surface area (Å²) in [5, 5.41) is 0. The monoisotopic (exact) mass is 223 g/mol. The van der Waals surface area contributed by atoms with Crippen molar-refractivity contribution in [1.82, 2.24) is 0 Å². The normalized spacial score (nSPS) is 16.5. The Hall–Kier alpha value is -1.16. The highest BCUT2D eigenvalue weighted by atomic mass is 32.2. The van der Waals surface area contributed by atoms with Crippen molar-refractivity contribution >= 4 is 15.5 Å². The molecular weight excluding hydrogens is 210 g/mol. The molecule has 1 aromatic rings. The van der Waals surface area contributed by atoms with Crippen LogP contribution in [0.2, 0.25) is 0 Å². The zero-order valence-corrected chi connectivity index (χ0v) is 9.42. The summed E-state index contributed by atoms with van der Waals surface area (Å²) in [5.41, 5.74) is 1.70. The molecule has 1 heterocycles. The first kappa shape index (κ1) is 10.4. The van der Waals surface area contributed by atoms with E-state index in [9.17, 15) is 8.42 Å². The van der Waals surface area contributed by atoms with Gasteiger partial charge in [0.15, 0.2) is 9.84 Å². The fourth-order valence-corrected chi connectivity index (χ4v) is 2.70. The molecule has 0 spiro atoms. The number of nitrogens with zero attached hydrogens (tertiary/aromatic N) is 1. The van der Waals surface area contributed by atoms with Crippen LogP contribution in [0, 0.1) is 0 Å². The van der Waals surface area contributed by atoms with Gasteiger partial charge in [-0.3, -0.25) is 4.99 Å². The Kier molecular flexibility index (Phi) is 2.61. The molecule has 0 N–H and O–H groups in total. The molecule has 1 aliphatic rings. The largest absolute Gasteiger partial charge is 0.289 e. The molecule has 0 saturated carbocycles. The number of benzene rings is 1. The second-order valence-electron chi connectivity index (χ2n) is 3.70. The molecule has 0 atom stereocenters. The van der Waals surface area contributed by atoms with Crippen molar-refractivity contribution in [3.63, 3.8) is 0 Å². The molecule has 1 aromatic carbocycles. The fourth-order valence-electron chi connectivity index (χ4n) is 1.79. The van der Waals surface area contributed by atoms with Crippen LogP contribution in [-0.4, -0.2) is 26.9 Å². The van der Waals surface area contributed by atoms with Gasteiger partial charge in [0.05, 0.1) is 4.90 Å². The lowest BCUT2D eigenvalue weighted by atomic mass is 10.1. The maximum Gasteiger partial charge on any atom is 0.176 e. The summed E-state index contributed by atoms with van der Waals surface area (Å²) in [7, 11) is -3.15. The van der Waals surface area contributed by atoms with Gasteiger partial charge < -0.3 is 0 Å². The topological polar surface area (TPSA) is 46.5 Å². The molecule has 15 heavy (non-hydrogen) atoms. The molecule has 0 aliphatic carbocycles. The molecule has 0 amide bonds. The Bertz CT molecular complexity index is 503. The zero-order valence-electron chi connectivity index (χ0n) is 8.60. The maximum atomic E-state index is 11.6. The molecule has 0 aromatic heterocycles. The molecule has 0 radical (unpaired) electrons. The van der Waals surface area contributed by atoms with Crippen LogP contribution in [0.5, 0.6) is 0 Å². The van der Waals surface area contributed by atoms with E-state index in [0.717, 1.165) is 30.7 Å². The van der Waals surface area contributed by atoms with Crippen LogP contribution in [0.4, 0.5) is 0 Å². The van der Waals surface area contributed by atoms with Gasteiger partial charge in [-0.15, -0.1) is 0 Å². The van der Waals surface area contributed by atoms with Crippen LogP contribution < -0.4 is 0 Å². The maximum absolute atomic E-state index is 11.6. The fraction of sp³-hybridized carbons (Fsp3) is 0.364. The average molecular weight is 223 g/mol. The number of hydrogen-bond acceptors (Lipinski definition) is 3. The molecule has 80 valence electrons.